The van der Waals surface area contributed by atoms with Gasteiger partial charge in [-0.25, -0.2) is 0 Å². The predicted molar refractivity (Wildman–Crippen MR) is 203 cm³/mol. The van der Waals surface area contributed by atoms with Crippen LogP contribution < -0.4 is 0 Å². The fourth-order valence-corrected chi connectivity index (χ4v) is 12.3. The van der Waals surface area contributed by atoms with Crippen molar-refractivity contribution in [1.29, 1.82) is 0 Å². The second-order valence-corrected chi connectivity index (χ2v) is 18.3. The monoisotopic (exact) mass is 620 g/mol. The van der Waals surface area contributed by atoms with Gasteiger partial charge in [-0.2, -0.15) is 0 Å². The third-order valence-corrected chi connectivity index (χ3v) is 13.4. The van der Waals surface area contributed by atoms with Gasteiger partial charge in [0, 0.05) is 16.2 Å². The average Bonchev–Trinajstić information content (AvgIpc) is 3.52. The molecule has 4 aromatic rings. The molecule has 0 heteroatoms. The van der Waals surface area contributed by atoms with Gasteiger partial charge in [-0.3, -0.25) is 0 Å². The van der Waals surface area contributed by atoms with E-state index in [2.05, 4.69) is 150 Å². The van der Waals surface area contributed by atoms with Crippen LogP contribution in [0, 0.1) is 41.4 Å². The summed E-state index contributed by atoms with van der Waals surface area (Å²) >= 11 is 0. The molecular formula is C47H56. The van der Waals surface area contributed by atoms with Crippen LogP contribution in [0.25, 0.3) is 33.0 Å². The third kappa shape index (κ3) is 3.72. The van der Waals surface area contributed by atoms with Gasteiger partial charge in [0.2, 0.25) is 0 Å². The van der Waals surface area contributed by atoms with Gasteiger partial charge < -0.3 is 0 Å². The highest BCUT2D eigenvalue weighted by molar-refractivity contribution is 6.12. The van der Waals surface area contributed by atoms with E-state index in [0.29, 0.717) is 41.4 Å². The normalized spacial score (nSPS) is 26.0. The van der Waals surface area contributed by atoms with E-state index in [1.54, 1.807) is 33.4 Å². The second-order valence-electron chi connectivity index (χ2n) is 18.3. The standard InChI is InChI=1S/C47H56/c1-25(2)23-29-17-19-31-30(24-29)18-20-33-38-36(47(41(31)33)39(27(5)6)37(26(3)4)40(47)28(7)8)22-21-34-42(38)46(11,12)43-32-15-13-14-16-35(32)45(9,10)44(34)43/h13-22,24-28,37,39-40H,23H2,1-12H3. The van der Waals surface area contributed by atoms with Crippen LogP contribution in [0.3, 0.4) is 0 Å². The Morgan fingerprint density at radius 3 is 1.85 bits per heavy atom. The van der Waals surface area contributed by atoms with Crippen LogP contribution in [0.15, 0.2) is 66.7 Å². The Labute approximate surface area is 285 Å². The van der Waals surface area contributed by atoms with Crippen LogP contribution >= 0.6 is 0 Å². The van der Waals surface area contributed by atoms with Crippen LogP contribution in [-0.4, -0.2) is 0 Å². The van der Waals surface area contributed by atoms with Gasteiger partial charge in [0.15, 0.2) is 0 Å². The molecule has 4 aliphatic rings. The molecule has 1 saturated carbocycles. The van der Waals surface area contributed by atoms with E-state index in [1.165, 1.54) is 38.6 Å². The summed E-state index contributed by atoms with van der Waals surface area (Å²) in [7, 11) is 0. The molecular weight excluding hydrogens is 565 g/mol. The minimum atomic E-state index is -0.0827. The highest BCUT2D eigenvalue weighted by atomic mass is 14.7. The first-order valence-corrected chi connectivity index (χ1v) is 18.8. The zero-order valence-electron chi connectivity index (χ0n) is 31.1. The second kappa shape index (κ2) is 9.96. The van der Waals surface area contributed by atoms with Crippen molar-refractivity contribution in [2.45, 2.75) is 106 Å². The summed E-state index contributed by atoms with van der Waals surface area (Å²) < 4.78 is 0. The topological polar surface area (TPSA) is 0 Å². The summed E-state index contributed by atoms with van der Waals surface area (Å²) in [5.41, 5.74) is 17.0. The molecule has 0 N–H and O–H groups in total. The Morgan fingerprint density at radius 1 is 0.574 bits per heavy atom. The summed E-state index contributed by atoms with van der Waals surface area (Å²) in [6, 6.07) is 27.0. The number of rotatable bonds is 5. The van der Waals surface area contributed by atoms with Crippen molar-refractivity contribution in [3.63, 3.8) is 0 Å². The van der Waals surface area contributed by atoms with Gasteiger partial charge in [0.25, 0.3) is 0 Å². The molecule has 0 heterocycles. The number of allylic oxidation sites excluding steroid dienone is 2. The smallest absolute Gasteiger partial charge is 0.0288 e. The molecule has 1 fully saturated rings. The van der Waals surface area contributed by atoms with E-state index >= 15 is 0 Å². The predicted octanol–water partition coefficient (Wildman–Crippen LogP) is 12.6. The molecule has 244 valence electrons. The fraction of sp³-hybridized carbons (Fsp3) is 0.489. The van der Waals surface area contributed by atoms with Gasteiger partial charge in [-0.05, 0) is 120 Å². The highest BCUT2D eigenvalue weighted by Gasteiger charge is 2.69. The van der Waals surface area contributed by atoms with Crippen LogP contribution in [0.1, 0.15) is 122 Å². The molecule has 0 amide bonds. The molecule has 4 aliphatic carbocycles. The number of benzene rings is 4. The zero-order valence-corrected chi connectivity index (χ0v) is 31.1. The first-order valence-electron chi connectivity index (χ1n) is 18.8. The number of hydrogen-bond donors (Lipinski definition) is 0. The molecule has 1 spiro atoms. The Bertz CT molecular complexity index is 1970. The Morgan fingerprint density at radius 2 is 1.21 bits per heavy atom. The van der Waals surface area contributed by atoms with Crippen molar-refractivity contribution in [3.05, 3.63) is 106 Å². The van der Waals surface area contributed by atoms with Crippen LogP contribution in [0.2, 0.25) is 0 Å². The first kappa shape index (κ1) is 31.2. The van der Waals surface area contributed by atoms with Gasteiger partial charge >= 0.3 is 0 Å². The lowest BCUT2D eigenvalue weighted by molar-refractivity contribution is -0.105. The molecule has 0 nitrogen and oxygen atoms in total. The van der Waals surface area contributed by atoms with Crippen LogP contribution in [-0.2, 0) is 22.7 Å². The van der Waals surface area contributed by atoms with E-state index in [4.69, 9.17) is 0 Å². The van der Waals surface area contributed by atoms with Gasteiger partial charge in [0.1, 0.15) is 0 Å². The lowest BCUT2D eigenvalue weighted by atomic mass is 9.37. The molecule has 8 rings (SSSR count). The summed E-state index contributed by atoms with van der Waals surface area (Å²) in [5.74, 6) is 4.43. The maximum atomic E-state index is 2.64. The Balaban J connectivity index is 1.48. The van der Waals surface area contributed by atoms with E-state index in [1.807, 2.05) is 0 Å². The van der Waals surface area contributed by atoms with Crippen molar-refractivity contribution in [2.75, 3.05) is 0 Å². The maximum absolute atomic E-state index is 2.64. The largest absolute Gasteiger partial charge is 0.0625 e. The third-order valence-electron chi connectivity index (χ3n) is 13.4. The molecule has 0 saturated heterocycles. The van der Waals surface area contributed by atoms with Crippen molar-refractivity contribution in [2.24, 2.45) is 41.4 Å². The van der Waals surface area contributed by atoms with Crippen molar-refractivity contribution >= 4 is 21.9 Å². The first-order chi connectivity index (χ1) is 22.2. The summed E-state index contributed by atoms with van der Waals surface area (Å²) in [5, 5.41) is 2.93. The molecule has 2 atom stereocenters. The molecule has 0 aliphatic heterocycles. The van der Waals surface area contributed by atoms with Crippen molar-refractivity contribution in [3.8, 4) is 11.1 Å². The van der Waals surface area contributed by atoms with Gasteiger partial charge in [-0.1, -0.05) is 150 Å². The van der Waals surface area contributed by atoms with E-state index in [9.17, 15) is 0 Å². The van der Waals surface area contributed by atoms with E-state index < -0.39 is 0 Å². The van der Waals surface area contributed by atoms with E-state index in [0.717, 1.165) is 6.42 Å². The number of hydrogen-bond acceptors (Lipinski definition) is 0. The van der Waals surface area contributed by atoms with E-state index in [-0.39, 0.29) is 16.2 Å². The summed E-state index contributed by atoms with van der Waals surface area (Å²) in [4.78, 5) is 0. The highest BCUT2D eigenvalue weighted by Crippen LogP contribution is 2.75. The van der Waals surface area contributed by atoms with Crippen molar-refractivity contribution in [1.82, 2.24) is 0 Å². The van der Waals surface area contributed by atoms with Gasteiger partial charge in [0.05, 0.1) is 0 Å². The quantitative estimate of drug-likeness (QED) is 0.208. The lowest BCUT2D eigenvalue weighted by Crippen LogP contribution is -2.64. The van der Waals surface area contributed by atoms with Crippen LogP contribution in [0.5, 0.6) is 0 Å². The summed E-state index contributed by atoms with van der Waals surface area (Å²) in [6.45, 7) is 29.8. The average molecular weight is 621 g/mol. The SMILES string of the molecule is CC(C)Cc1ccc2c3c(ccc2c1)-c1c(ccc2c1C(C)(C)C1=C2C(C)(C)c2ccccc21)C31C(C(C)C)C(C(C)C)C1C(C)C. The molecule has 47 heavy (non-hydrogen) atoms. The van der Waals surface area contributed by atoms with Crippen molar-refractivity contribution < 1.29 is 0 Å². The molecule has 0 aromatic heterocycles. The maximum Gasteiger partial charge on any atom is 0.0288 e. The van der Waals surface area contributed by atoms with Crippen LogP contribution in [0.4, 0.5) is 0 Å². The minimum absolute atomic E-state index is 0.0157. The molecule has 4 aromatic carbocycles. The Kier molecular flexibility index (Phi) is 6.61. The molecule has 0 bridgehead atoms. The Hall–Kier alpha value is -3.12. The molecule has 2 unspecified atom stereocenters. The number of fused-ring (bicyclic) bond motifs is 12. The lowest BCUT2D eigenvalue weighted by Gasteiger charge is -2.66. The molecule has 0 radical (unpaired) electrons. The minimum Gasteiger partial charge on any atom is -0.0625 e. The zero-order chi connectivity index (χ0) is 33.5. The van der Waals surface area contributed by atoms with Gasteiger partial charge in [-0.15, -0.1) is 0 Å². The summed E-state index contributed by atoms with van der Waals surface area (Å²) in [6.07, 6.45) is 1.13. The fourth-order valence-electron chi connectivity index (χ4n) is 12.3.